The molecule has 3 N–H and O–H groups in total. The van der Waals surface area contributed by atoms with Crippen LogP contribution >= 0.6 is 0 Å². The summed E-state index contributed by atoms with van der Waals surface area (Å²) in [6.07, 6.45) is 4.94. The zero-order chi connectivity index (χ0) is 12.5. The zero-order valence-electron chi connectivity index (χ0n) is 11.2. The van der Waals surface area contributed by atoms with E-state index in [9.17, 15) is 0 Å². The van der Waals surface area contributed by atoms with Crippen molar-refractivity contribution in [2.75, 3.05) is 6.54 Å². The zero-order valence-corrected chi connectivity index (χ0v) is 11.2. The maximum absolute atomic E-state index is 5.73. The van der Waals surface area contributed by atoms with Crippen LogP contribution in [0.25, 0.3) is 0 Å². The van der Waals surface area contributed by atoms with Gasteiger partial charge in [-0.2, -0.15) is 0 Å². The van der Waals surface area contributed by atoms with E-state index in [1.165, 1.54) is 30.4 Å². The SMILES string of the molecule is CCCCC(C)NCCc1ccccc1CN. The minimum absolute atomic E-state index is 0.625. The number of hydrogen-bond donors (Lipinski definition) is 2. The van der Waals surface area contributed by atoms with Gasteiger partial charge in [0.2, 0.25) is 0 Å². The number of benzene rings is 1. The summed E-state index contributed by atoms with van der Waals surface area (Å²) in [5.41, 5.74) is 8.38. The summed E-state index contributed by atoms with van der Waals surface area (Å²) in [6.45, 7) is 6.19. The summed E-state index contributed by atoms with van der Waals surface area (Å²) in [7, 11) is 0. The van der Waals surface area contributed by atoms with E-state index in [0.29, 0.717) is 12.6 Å². The van der Waals surface area contributed by atoms with Crippen LogP contribution in [-0.4, -0.2) is 12.6 Å². The van der Waals surface area contributed by atoms with Gasteiger partial charge in [0, 0.05) is 12.6 Å². The molecule has 17 heavy (non-hydrogen) atoms. The Hall–Kier alpha value is -0.860. The lowest BCUT2D eigenvalue weighted by Crippen LogP contribution is -2.28. The lowest BCUT2D eigenvalue weighted by molar-refractivity contribution is 0.498. The Balaban J connectivity index is 2.30. The van der Waals surface area contributed by atoms with Gasteiger partial charge in [-0.15, -0.1) is 0 Å². The van der Waals surface area contributed by atoms with Gasteiger partial charge in [0.1, 0.15) is 0 Å². The molecular weight excluding hydrogens is 208 g/mol. The molecule has 0 bridgehead atoms. The summed E-state index contributed by atoms with van der Waals surface area (Å²) in [5.74, 6) is 0. The van der Waals surface area contributed by atoms with Crippen molar-refractivity contribution in [1.29, 1.82) is 0 Å². The highest BCUT2D eigenvalue weighted by molar-refractivity contribution is 5.27. The Labute approximate surface area is 106 Å². The second kappa shape index (κ2) is 8.26. The van der Waals surface area contributed by atoms with E-state index < -0.39 is 0 Å². The second-order valence-corrected chi connectivity index (χ2v) is 4.72. The molecule has 1 aromatic carbocycles. The highest BCUT2D eigenvalue weighted by Gasteiger charge is 2.02. The van der Waals surface area contributed by atoms with E-state index in [0.717, 1.165) is 13.0 Å². The molecule has 0 saturated carbocycles. The number of rotatable bonds is 8. The Bertz CT molecular complexity index is 310. The molecule has 1 unspecified atom stereocenters. The highest BCUT2D eigenvalue weighted by atomic mass is 14.9. The molecule has 1 aromatic rings. The van der Waals surface area contributed by atoms with Crippen LogP contribution in [-0.2, 0) is 13.0 Å². The van der Waals surface area contributed by atoms with Crippen LogP contribution in [0.4, 0.5) is 0 Å². The molecule has 2 nitrogen and oxygen atoms in total. The van der Waals surface area contributed by atoms with E-state index in [2.05, 4.69) is 43.4 Å². The van der Waals surface area contributed by atoms with Crippen LogP contribution in [0.3, 0.4) is 0 Å². The van der Waals surface area contributed by atoms with Gasteiger partial charge in [0.05, 0.1) is 0 Å². The molecule has 0 amide bonds. The molecule has 1 atom stereocenters. The molecule has 0 aromatic heterocycles. The molecule has 0 fully saturated rings. The van der Waals surface area contributed by atoms with Crippen molar-refractivity contribution in [2.45, 2.75) is 52.1 Å². The quantitative estimate of drug-likeness (QED) is 0.726. The third-order valence-electron chi connectivity index (χ3n) is 3.22. The Morgan fingerprint density at radius 1 is 1.24 bits per heavy atom. The predicted molar refractivity (Wildman–Crippen MR) is 75.0 cm³/mol. The molecule has 0 aliphatic rings. The largest absolute Gasteiger partial charge is 0.326 e. The fourth-order valence-electron chi connectivity index (χ4n) is 2.07. The second-order valence-electron chi connectivity index (χ2n) is 4.72. The average molecular weight is 234 g/mol. The van der Waals surface area contributed by atoms with Gasteiger partial charge in [0.25, 0.3) is 0 Å². The Morgan fingerprint density at radius 3 is 2.59 bits per heavy atom. The van der Waals surface area contributed by atoms with Crippen LogP contribution in [0.5, 0.6) is 0 Å². The maximum Gasteiger partial charge on any atom is 0.0180 e. The fraction of sp³-hybridized carbons (Fsp3) is 0.600. The van der Waals surface area contributed by atoms with Crippen LogP contribution in [0.15, 0.2) is 24.3 Å². The van der Waals surface area contributed by atoms with Crippen LogP contribution in [0, 0.1) is 0 Å². The van der Waals surface area contributed by atoms with E-state index in [4.69, 9.17) is 5.73 Å². The third-order valence-corrected chi connectivity index (χ3v) is 3.22. The molecule has 0 aliphatic carbocycles. The van der Waals surface area contributed by atoms with Crippen molar-refractivity contribution in [3.8, 4) is 0 Å². The molecule has 96 valence electrons. The van der Waals surface area contributed by atoms with Crippen molar-refractivity contribution in [3.63, 3.8) is 0 Å². The first-order chi connectivity index (χ1) is 8.27. The first kappa shape index (κ1) is 14.2. The van der Waals surface area contributed by atoms with Crippen molar-refractivity contribution >= 4 is 0 Å². The number of nitrogens with one attached hydrogen (secondary N) is 1. The first-order valence-corrected chi connectivity index (χ1v) is 6.78. The molecule has 0 saturated heterocycles. The van der Waals surface area contributed by atoms with Crippen LogP contribution in [0.2, 0.25) is 0 Å². The molecular formula is C15H26N2. The number of nitrogens with two attached hydrogens (primary N) is 1. The minimum Gasteiger partial charge on any atom is -0.326 e. The third kappa shape index (κ3) is 5.33. The smallest absolute Gasteiger partial charge is 0.0180 e. The summed E-state index contributed by atoms with van der Waals surface area (Å²) < 4.78 is 0. The van der Waals surface area contributed by atoms with E-state index in [1.54, 1.807) is 0 Å². The molecule has 1 rings (SSSR count). The first-order valence-electron chi connectivity index (χ1n) is 6.78. The van der Waals surface area contributed by atoms with Gasteiger partial charge < -0.3 is 11.1 Å². The summed E-state index contributed by atoms with van der Waals surface area (Å²) >= 11 is 0. The normalized spacial score (nSPS) is 12.6. The van der Waals surface area contributed by atoms with Crippen molar-refractivity contribution in [3.05, 3.63) is 35.4 Å². The number of hydrogen-bond acceptors (Lipinski definition) is 2. The summed E-state index contributed by atoms with van der Waals surface area (Å²) in [6, 6.07) is 9.08. The Morgan fingerprint density at radius 2 is 1.94 bits per heavy atom. The average Bonchev–Trinajstić information content (AvgIpc) is 2.37. The van der Waals surface area contributed by atoms with E-state index >= 15 is 0 Å². The summed E-state index contributed by atoms with van der Waals surface area (Å²) in [5, 5.41) is 3.58. The lowest BCUT2D eigenvalue weighted by atomic mass is 10.0. The van der Waals surface area contributed by atoms with Crippen LogP contribution in [0.1, 0.15) is 44.2 Å². The van der Waals surface area contributed by atoms with Crippen molar-refractivity contribution in [1.82, 2.24) is 5.32 Å². The molecule has 2 heteroatoms. The van der Waals surface area contributed by atoms with Crippen LogP contribution < -0.4 is 11.1 Å². The van der Waals surface area contributed by atoms with E-state index in [1.807, 2.05) is 0 Å². The Kier molecular flexibility index (Phi) is 6.90. The lowest BCUT2D eigenvalue weighted by Gasteiger charge is -2.14. The van der Waals surface area contributed by atoms with Gasteiger partial charge in [-0.25, -0.2) is 0 Å². The maximum atomic E-state index is 5.73. The standard InChI is InChI=1S/C15H26N2/c1-3-4-7-13(2)17-11-10-14-8-5-6-9-15(14)12-16/h5-6,8-9,13,17H,3-4,7,10-12,16H2,1-2H3. The predicted octanol–water partition coefficient (Wildman–Crippen LogP) is 2.86. The summed E-state index contributed by atoms with van der Waals surface area (Å²) in [4.78, 5) is 0. The van der Waals surface area contributed by atoms with Gasteiger partial charge in [-0.3, -0.25) is 0 Å². The molecule has 0 radical (unpaired) electrons. The fourth-order valence-corrected chi connectivity index (χ4v) is 2.07. The van der Waals surface area contributed by atoms with Gasteiger partial charge in [-0.1, -0.05) is 44.0 Å². The number of unbranched alkanes of at least 4 members (excludes halogenated alkanes) is 1. The topological polar surface area (TPSA) is 38.0 Å². The van der Waals surface area contributed by atoms with Crippen molar-refractivity contribution < 1.29 is 0 Å². The molecule has 0 spiro atoms. The van der Waals surface area contributed by atoms with Gasteiger partial charge >= 0.3 is 0 Å². The van der Waals surface area contributed by atoms with E-state index in [-0.39, 0.29) is 0 Å². The monoisotopic (exact) mass is 234 g/mol. The minimum atomic E-state index is 0.625. The van der Waals surface area contributed by atoms with Gasteiger partial charge in [0.15, 0.2) is 0 Å². The highest BCUT2D eigenvalue weighted by Crippen LogP contribution is 2.08. The van der Waals surface area contributed by atoms with Crippen molar-refractivity contribution in [2.24, 2.45) is 5.73 Å². The van der Waals surface area contributed by atoms with Gasteiger partial charge in [-0.05, 0) is 37.4 Å². The molecule has 0 heterocycles. The molecule has 0 aliphatic heterocycles.